The van der Waals surface area contributed by atoms with Crippen molar-refractivity contribution in [1.82, 2.24) is 10.3 Å². The van der Waals surface area contributed by atoms with Crippen LogP contribution >= 0.6 is 0 Å². The van der Waals surface area contributed by atoms with E-state index in [9.17, 15) is 4.79 Å². The molecule has 33 heavy (non-hydrogen) atoms. The lowest BCUT2D eigenvalue weighted by molar-refractivity contribution is 0.143. The van der Waals surface area contributed by atoms with Crippen molar-refractivity contribution in [3.8, 4) is 11.1 Å². The molecule has 164 valence electrons. The second-order valence-corrected chi connectivity index (χ2v) is 8.09. The molecule has 5 heteroatoms. The lowest BCUT2D eigenvalue weighted by atomic mass is 9.98. The first kappa shape index (κ1) is 20.8. The highest BCUT2D eigenvalue weighted by molar-refractivity contribution is 5.96. The number of rotatable bonds is 6. The van der Waals surface area contributed by atoms with Gasteiger partial charge in [-0.05, 0) is 34.1 Å². The molecule has 0 unspecified atom stereocenters. The predicted molar refractivity (Wildman–Crippen MR) is 133 cm³/mol. The monoisotopic (exact) mass is 435 g/mol. The topological polar surface area (TPSA) is 77.2 Å². The van der Waals surface area contributed by atoms with Gasteiger partial charge in [0.1, 0.15) is 12.4 Å². The van der Waals surface area contributed by atoms with Crippen LogP contribution in [0.15, 0.2) is 85.1 Å². The van der Waals surface area contributed by atoms with Gasteiger partial charge in [0.15, 0.2) is 0 Å². The molecule has 4 aromatic rings. The normalized spacial score (nSPS) is 12.6. The minimum absolute atomic E-state index is 0.0642. The molecule has 0 saturated carbocycles. The number of amides is 1. The maximum atomic E-state index is 12.3. The van der Waals surface area contributed by atoms with E-state index >= 15 is 0 Å². The quantitative estimate of drug-likeness (QED) is 0.378. The number of carbonyl (C=O) groups excluding carboxylic acids is 1. The lowest BCUT2D eigenvalue weighted by Crippen LogP contribution is -2.26. The van der Waals surface area contributed by atoms with Gasteiger partial charge in [-0.1, -0.05) is 84.9 Å². The number of nitrogens with zero attached hydrogens (tertiary/aromatic N) is 1. The van der Waals surface area contributed by atoms with Gasteiger partial charge < -0.3 is 15.8 Å². The molecule has 3 N–H and O–H groups in total. The molecule has 5 nitrogen and oxygen atoms in total. The maximum Gasteiger partial charge on any atom is 0.407 e. The van der Waals surface area contributed by atoms with Crippen LogP contribution in [0.25, 0.3) is 28.0 Å². The Bertz CT molecular complexity index is 1300. The number of pyridine rings is 1. The standard InChI is InChI=1S/C28H25N3O2/c29-27-25-15-6-1-10-20(25)19(17-31-27)9-7-8-16-30-28(32)33-18-26-23-13-4-2-11-21(23)22-12-3-5-14-24(22)26/h1-7,9-15,17,26H,8,16,18H2,(H2,29,31)(H,30,32). The molecule has 1 aliphatic carbocycles. The van der Waals surface area contributed by atoms with Crippen molar-refractivity contribution >= 4 is 28.8 Å². The van der Waals surface area contributed by atoms with Gasteiger partial charge in [-0.3, -0.25) is 0 Å². The van der Waals surface area contributed by atoms with E-state index < -0.39 is 6.09 Å². The van der Waals surface area contributed by atoms with Crippen molar-refractivity contribution in [2.24, 2.45) is 0 Å². The highest BCUT2D eigenvalue weighted by Gasteiger charge is 2.28. The molecule has 0 radical (unpaired) electrons. The van der Waals surface area contributed by atoms with E-state index in [1.165, 1.54) is 22.3 Å². The van der Waals surface area contributed by atoms with Gasteiger partial charge in [-0.15, -0.1) is 0 Å². The van der Waals surface area contributed by atoms with Crippen LogP contribution in [0.1, 0.15) is 29.0 Å². The van der Waals surface area contributed by atoms with Gasteiger partial charge in [0.25, 0.3) is 0 Å². The van der Waals surface area contributed by atoms with Crippen LogP contribution in [-0.4, -0.2) is 24.2 Å². The average molecular weight is 436 g/mol. The van der Waals surface area contributed by atoms with Gasteiger partial charge >= 0.3 is 6.09 Å². The molecule has 1 aliphatic rings. The van der Waals surface area contributed by atoms with E-state index in [-0.39, 0.29) is 5.92 Å². The zero-order valence-electron chi connectivity index (χ0n) is 18.2. The minimum Gasteiger partial charge on any atom is -0.449 e. The van der Waals surface area contributed by atoms with E-state index in [0.717, 1.165) is 16.3 Å². The van der Waals surface area contributed by atoms with Crippen molar-refractivity contribution in [3.63, 3.8) is 0 Å². The molecular weight excluding hydrogens is 410 g/mol. The Morgan fingerprint density at radius 3 is 2.30 bits per heavy atom. The summed E-state index contributed by atoms with van der Waals surface area (Å²) in [6.45, 7) is 0.812. The SMILES string of the molecule is Nc1ncc(C=CCCNC(=O)OCC2c3ccccc3-c3ccccc32)c2ccccc12. The average Bonchev–Trinajstić information content (AvgIpc) is 3.18. The number of fused-ring (bicyclic) bond motifs is 4. The summed E-state index contributed by atoms with van der Waals surface area (Å²) in [7, 11) is 0. The van der Waals surface area contributed by atoms with Crippen LogP contribution in [0.5, 0.6) is 0 Å². The Morgan fingerprint density at radius 2 is 1.58 bits per heavy atom. The lowest BCUT2D eigenvalue weighted by Gasteiger charge is -2.14. The van der Waals surface area contributed by atoms with Gasteiger partial charge in [-0.25, -0.2) is 9.78 Å². The summed E-state index contributed by atoms with van der Waals surface area (Å²) >= 11 is 0. The fraction of sp³-hybridized carbons (Fsp3) is 0.143. The summed E-state index contributed by atoms with van der Waals surface area (Å²) in [5.41, 5.74) is 11.8. The van der Waals surface area contributed by atoms with Crippen LogP contribution in [0, 0.1) is 0 Å². The van der Waals surface area contributed by atoms with Crippen molar-refractivity contribution in [3.05, 3.63) is 102 Å². The number of nitrogens with two attached hydrogens (primary N) is 1. The van der Waals surface area contributed by atoms with E-state index in [1.54, 1.807) is 6.20 Å². The first-order valence-electron chi connectivity index (χ1n) is 11.1. The first-order chi connectivity index (χ1) is 16.2. The van der Waals surface area contributed by atoms with Gasteiger partial charge in [0.05, 0.1) is 0 Å². The number of hydrogen-bond acceptors (Lipinski definition) is 4. The number of hydrogen-bond donors (Lipinski definition) is 2. The zero-order chi connectivity index (χ0) is 22.6. The number of carbonyl (C=O) groups is 1. The molecule has 1 aromatic heterocycles. The molecule has 0 spiro atoms. The van der Waals surface area contributed by atoms with Crippen molar-refractivity contribution in [2.75, 3.05) is 18.9 Å². The molecular formula is C28H25N3O2. The highest BCUT2D eigenvalue weighted by Crippen LogP contribution is 2.44. The number of benzene rings is 3. The maximum absolute atomic E-state index is 12.3. The summed E-state index contributed by atoms with van der Waals surface area (Å²) in [6.07, 6.45) is 6.08. The Kier molecular flexibility index (Phi) is 5.77. The molecule has 1 amide bonds. The number of alkyl carbamates (subject to hydrolysis) is 1. The molecule has 1 heterocycles. The van der Waals surface area contributed by atoms with Crippen molar-refractivity contribution in [2.45, 2.75) is 12.3 Å². The Hall–Kier alpha value is -4.12. The molecule has 0 bridgehead atoms. The smallest absolute Gasteiger partial charge is 0.407 e. The second kappa shape index (κ2) is 9.17. The molecule has 0 saturated heterocycles. The van der Waals surface area contributed by atoms with Crippen molar-refractivity contribution in [1.29, 1.82) is 0 Å². The van der Waals surface area contributed by atoms with Crippen molar-refractivity contribution < 1.29 is 9.53 Å². The Morgan fingerprint density at radius 1 is 0.939 bits per heavy atom. The highest BCUT2D eigenvalue weighted by atomic mass is 16.5. The van der Waals surface area contributed by atoms with Gasteiger partial charge in [0.2, 0.25) is 0 Å². The van der Waals surface area contributed by atoms with Crippen LogP contribution in [0.2, 0.25) is 0 Å². The van der Waals surface area contributed by atoms with E-state index in [1.807, 2.05) is 60.7 Å². The van der Waals surface area contributed by atoms with Gasteiger partial charge in [-0.2, -0.15) is 0 Å². The third-order valence-electron chi connectivity index (χ3n) is 6.08. The number of nitrogen functional groups attached to an aromatic ring is 1. The molecule has 0 aliphatic heterocycles. The van der Waals surface area contributed by atoms with Crippen LogP contribution in [-0.2, 0) is 4.74 Å². The first-order valence-corrected chi connectivity index (χ1v) is 11.1. The summed E-state index contributed by atoms with van der Waals surface area (Å²) in [4.78, 5) is 16.6. The largest absolute Gasteiger partial charge is 0.449 e. The van der Waals surface area contributed by atoms with Crippen LogP contribution in [0.3, 0.4) is 0 Å². The fourth-order valence-electron chi connectivity index (χ4n) is 4.49. The number of anilines is 1. The summed E-state index contributed by atoms with van der Waals surface area (Å²) < 4.78 is 5.58. The van der Waals surface area contributed by atoms with E-state index in [0.29, 0.717) is 25.4 Å². The van der Waals surface area contributed by atoms with E-state index in [4.69, 9.17) is 10.5 Å². The predicted octanol–water partition coefficient (Wildman–Crippen LogP) is 5.76. The van der Waals surface area contributed by atoms with Crippen LogP contribution in [0.4, 0.5) is 10.6 Å². The summed E-state index contributed by atoms with van der Waals surface area (Å²) in [5.74, 6) is 0.592. The third kappa shape index (κ3) is 4.17. The number of nitrogens with one attached hydrogen (secondary N) is 1. The summed E-state index contributed by atoms with van der Waals surface area (Å²) in [5, 5.41) is 4.84. The molecule has 3 aromatic carbocycles. The fourth-order valence-corrected chi connectivity index (χ4v) is 4.49. The zero-order valence-corrected chi connectivity index (χ0v) is 18.2. The van der Waals surface area contributed by atoms with Gasteiger partial charge in [0, 0.05) is 29.6 Å². The third-order valence-corrected chi connectivity index (χ3v) is 6.08. The summed E-state index contributed by atoms with van der Waals surface area (Å²) in [6, 6.07) is 24.6. The van der Waals surface area contributed by atoms with Crippen LogP contribution < -0.4 is 11.1 Å². The Balaban J connectivity index is 1.15. The van der Waals surface area contributed by atoms with E-state index in [2.05, 4.69) is 34.6 Å². The molecule has 0 fully saturated rings. The Labute approximate surface area is 192 Å². The minimum atomic E-state index is -0.398. The second-order valence-electron chi connectivity index (χ2n) is 8.09. The molecule has 0 atom stereocenters. The number of ether oxygens (including phenoxy) is 1. The number of aromatic nitrogens is 1. The molecule has 5 rings (SSSR count).